The molecule has 0 saturated carbocycles. The molecule has 0 saturated heterocycles. The van der Waals surface area contributed by atoms with E-state index in [9.17, 15) is 4.79 Å². The summed E-state index contributed by atoms with van der Waals surface area (Å²) in [6.45, 7) is 2.15. The van der Waals surface area contributed by atoms with Gasteiger partial charge in [-0.15, -0.1) is 10.2 Å². The van der Waals surface area contributed by atoms with Gasteiger partial charge in [0.05, 0.1) is 19.0 Å². The van der Waals surface area contributed by atoms with Crippen LogP contribution in [0.3, 0.4) is 0 Å². The average Bonchev–Trinajstić information content (AvgIpc) is 3.34. The van der Waals surface area contributed by atoms with Crippen LogP contribution in [-0.2, 0) is 14.3 Å². The minimum Gasteiger partial charge on any atom is -0.454 e. The highest BCUT2D eigenvalue weighted by Gasteiger charge is 2.18. The van der Waals surface area contributed by atoms with Gasteiger partial charge in [-0.1, -0.05) is 11.8 Å². The molecular formula is C17H21N3O6S. The van der Waals surface area contributed by atoms with Crippen LogP contribution in [0.25, 0.3) is 11.5 Å². The van der Waals surface area contributed by atoms with Gasteiger partial charge in [0.25, 0.3) is 5.22 Å². The number of amides is 1. The van der Waals surface area contributed by atoms with Crippen molar-refractivity contribution >= 4 is 17.7 Å². The Labute approximate surface area is 160 Å². The zero-order valence-electron chi connectivity index (χ0n) is 15.2. The highest BCUT2D eigenvalue weighted by atomic mass is 32.2. The highest BCUT2D eigenvalue weighted by molar-refractivity contribution is 7.99. The van der Waals surface area contributed by atoms with Crippen molar-refractivity contribution in [1.29, 1.82) is 0 Å². The van der Waals surface area contributed by atoms with Crippen molar-refractivity contribution in [3.05, 3.63) is 18.2 Å². The van der Waals surface area contributed by atoms with Crippen LogP contribution in [0.1, 0.15) is 0 Å². The van der Waals surface area contributed by atoms with Crippen molar-refractivity contribution < 1.29 is 28.2 Å². The molecule has 0 unspecified atom stereocenters. The lowest BCUT2D eigenvalue weighted by Gasteiger charge is -2.21. The lowest BCUT2D eigenvalue weighted by Crippen LogP contribution is -2.37. The maximum atomic E-state index is 12.4. The van der Waals surface area contributed by atoms with Crippen molar-refractivity contribution in [3.8, 4) is 23.0 Å². The monoisotopic (exact) mass is 395 g/mol. The summed E-state index contributed by atoms with van der Waals surface area (Å²) in [6.07, 6.45) is 0. The van der Waals surface area contributed by atoms with E-state index >= 15 is 0 Å². The Morgan fingerprint density at radius 1 is 1.15 bits per heavy atom. The van der Waals surface area contributed by atoms with Gasteiger partial charge in [-0.2, -0.15) is 0 Å². The Morgan fingerprint density at radius 2 is 1.89 bits per heavy atom. The highest BCUT2D eigenvalue weighted by Crippen LogP contribution is 2.35. The number of nitrogens with zero attached hydrogens (tertiary/aromatic N) is 3. The van der Waals surface area contributed by atoms with Crippen LogP contribution >= 0.6 is 11.8 Å². The number of hydrogen-bond donors (Lipinski definition) is 0. The largest absolute Gasteiger partial charge is 0.454 e. The normalized spacial score (nSPS) is 12.4. The minimum atomic E-state index is -0.0445. The van der Waals surface area contributed by atoms with Gasteiger partial charge >= 0.3 is 0 Å². The molecule has 0 fully saturated rings. The summed E-state index contributed by atoms with van der Waals surface area (Å²) in [5.41, 5.74) is 0.728. The van der Waals surface area contributed by atoms with Crippen molar-refractivity contribution in [2.24, 2.45) is 0 Å². The molecule has 9 nitrogen and oxygen atoms in total. The third-order valence-electron chi connectivity index (χ3n) is 3.83. The SMILES string of the molecule is COCCN(CCOC)C(=O)CSc1nnc(-c2ccc3c(c2)OCO3)o1. The van der Waals surface area contributed by atoms with Crippen molar-refractivity contribution in [2.75, 3.05) is 53.1 Å². The molecule has 3 rings (SSSR count). The molecule has 1 aromatic carbocycles. The first-order valence-electron chi connectivity index (χ1n) is 8.33. The standard InChI is InChI=1S/C17H21N3O6S/c1-22-7-5-20(6-8-23-2)15(21)10-27-17-19-18-16(26-17)12-3-4-13-14(9-12)25-11-24-13/h3-4,9H,5-8,10-11H2,1-2H3. The maximum absolute atomic E-state index is 12.4. The van der Waals surface area contributed by atoms with E-state index in [-0.39, 0.29) is 18.5 Å². The van der Waals surface area contributed by atoms with Crippen LogP contribution in [-0.4, -0.2) is 74.1 Å². The summed E-state index contributed by atoms with van der Waals surface area (Å²) in [4.78, 5) is 14.1. The van der Waals surface area contributed by atoms with Crippen LogP contribution in [0.4, 0.5) is 0 Å². The minimum absolute atomic E-state index is 0.0445. The van der Waals surface area contributed by atoms with E-state index in [0.29, 0.717) is 48.9 Å². The number of methoxy groups -OCH3 is 2. The third kappa shape index (κ3) is 5.12. The number of thioether (sulfide) groups is 1. The zero-order valence-corrected chi connectivity index (χ0v) is 16.0. The molecule has 0 N–H and O–H groups in total. The second-order valence-electron chi connectivity index (χ2n) is 5.60. The lowest BCUT2D eigenvalue weighted by molar-refractivity contribution is -0.129. The number of benzene rings is 1. The van der Waals surface area contributed by atoms with E-state index in [4.69, 9.17) is 23.4 Å². The molecule has 0 aliphatic carbocycles. The van der Waals surface area contributed by atoms with Gasteiger partial charge in [0.15, 0.2) is 11.5 Å². The first-order chi connectivity index (χ1) is 13.2. The summed E-state index contributed by atoms with van der Waals surface area (Å²) in [5.74, 6) is 1.83. The van der Waals surface area contributed by atoms with Gasteiger partial charge < -0.3 is 28.3 Å². The molecule has 0 bridgehead atoms. The predicted molar refractivity (Wildman–Crippen MR) is 96.9 cm³/mol. The third-order valence-corrected chi connectivity index (χ3v) is 4.63. The Balaban J connectivity index is 1.57. The van der Waals surface area contributed by atoms with Crippen LogP contribution in [0.15, 0.2) is 27.8 Å². The molecule has 0 radical (unpaired) electrons. The predicted octanol–water partition coefficient (Wildman–Crippen LogP) is 1.68. The molecule has 1 aliphatic rings. The molecular weight excluding hydrogens is 374 g/mol. The number of carbonyl (C=O) groups is 1. The van der Waals surface area contributed by atoms with E-state index in [2.05, 4.69) is 10.2 Å². The molecule has 2 aromatic rings. The Morgan fingerprint density at radius 3 is 2.63 bits per heavy atom. The van der Waals surface area contributed by atoms with Crippen LogP contribution in [0, 0.1) is 0 Å². The van der Waals surface area contributed by atoms with E-state index in [1.54, 1.807) is 31.3 Å². The number of ether oxygens (including phenoxy) is 4. The van der Waals surface area contributed by atoms with Crippen molar-refractivity contribution in [2.45, 2.75) is 5.22 Å². The van der Waals surface area contributed by atoms with E-state index in [0.717, 1.165) is 5.56 Å². The molecule has 2 heterocycles. The summed E-state index contributed by atoms with van der Waals surface area (Å²) in [6, 6.07) is 5.40. The molecule has 1 aromatic heterocycles. The van der Waals surface area contributed by atoms with Crippen molar-refractivity contribution in [3.63, 3.8) is 0 Å². The van der Waals surface area contributed by atoms with E-state index in [1.165, 1.54) is 11.8 Å². The number of rotatable bonds is 10. The van der Waals surface area contributed by atoms with Gasteiger partial charge in [0.2, 0.25) is 18.6 Å². The summed E-state index contributed by atoms with van der Waals surface area (Å²) in [5, 5.41) is 8.36. The van der Waals surface area contributed by atoms with Gasteiger partial charge in [-0.05, 0) is 18.2 Å². The fraction of sp³-hybridized carbons (Fsp3) is 0.471. The Kier molecular flexibility index (Phi) is 6.91. The van der Waals surface area contributed by atoms with Crippen LogP contribution < -0.4 is 9.47 Å². The zero-order chi connectivity index (χ0) is 19.1. The summed E-state index contributed by atoms with van der Waals surface area (Å²) < 4.78 is 26.4. The van der Waals surface area contributed by atoms with Gasteiger partial charge in [-0.3, -0.25) is 4.79 Å². The molecule has 10 heteroatoms. The number of carbonyl (C=O) groups excluding carboxylic acids is 1. The fourth-order valence-electron chi connectivity index (χ4n) is 2.39. The second kappa shape index (κ2) is 9.58. The topological polar surface area (TPSA) is 96.2 Å². The molecule has 146 valence electrons. The van der Waals surface area contributed by atoms with Gasteiger partial charge in [-0.25, -0.2) is 0 Å². The number of hydrogen-bond acceptors (Lipinski definition) is 9. The molecule has 1 aliphatic heterocycles. The smallest absolute Gasteiger partial charge is 0.277 e. The van der Waals surface area contributed by atoms with Gasteiger partial charge in [0, 0.05) is 32.9 Å². The quantitative estimate of drug-likeness (QED) is 0.557. The summed E-state index contributed by atoms with van der Waals surface area (Å²) in [7, 11) is 3.20. The maximum Gasteiger partial charge on any atom is 0.277 e. The van der Waals surface area contributed by atoms with Crippen molar-refractivity contribution in [1.82, 2.24) is 15.1 Å². The number of aromatic nitrogens is 2. The van der Waals surface area contributed by atoms with Crippen LogP contribution in [0.5, 0.6) is 11.5 Å². The second-order valence-corrected chi connectivity index (χ2v) is 6.52. The molecule has 0 spiro atoms. The number of fused-ring (bicyclic) bond motifs is 1. The lowest BCUT2D eigenvalue weighted by atomic mass is 10.2. The molecule has 1 amide bonds. The van der Waals surface area contributed by atoms with E-state index in [1.807, 2.05) is 6.07 Å². The Bertz CT molecular complexity index is 761. The average molecular weight is 395 g/mol. The van der Waals surface area contributed by atoms with Gasteiger partial charge in [0.1, 0.15) is 0 Å². The summed E-state index contributed by atoms with van der Waals surface area (Å²) >= 11 is 1.20. The Hall–Kier alpha value is -2.30. The first kappa shape index (κ1) is 19.5. The van der Waals surface area contributed by atoms with E-state index < -0.39 is 0 Å². The van der Waals surface area contributed by atoms with Crippen LogP contribution in [0.2, 0.25) is 0 Å². The molecule has 0 atom stereocenters. The molecule has 27 heavy (non-hydrogen) atoms. The first-order valence-corrected chi connectivity index (χ1v) is 9.32. The fourth-order valence-corrected chi connectivity index (χ4v) is 3.06.